The fourth-order valence-corrected chi connectivity index (χ4v) is 3.85. The summed E-state index contributed by atoms with van der Waals surface area (Å²) in [5.74, 6) is -0.854. The van der Waals surface area contributed by atoms with Gasteiger partial charge in [-0.15, -0.1) is 11.6 Å². The topological polar surface area (TPSA) is 114 Å². The van der Waals surface area contributed by atoms with E-state index in [9.17, 15) is 19.7 Å². The third kappa shape index (κ3) is 3.77. The Bertz CT molecular complexity index is 1180. The molecule has 4 rings (SSSR count). The summed E-state index contributed by atoms with van der Waals surface area (Å²) in [5.41, 5.74) is 4.92. The van der Waals surface area contributed by atoms with Gasteiger partial charge in [0, 0.05) is 37.3 Å². The lowest BCUT2D eigenvalue weighted by Gasteiger charge is -2.44. The summed E-state index contributed by atoms with van der Waals surface area (Å²) in [5, 5.41) is 16.0. The summed E-state index contributed by atoms with van der Waals surface area (Å²) in [7, 11) is 3.85. The molecule has 2 amide bonds. The highest BCUT2D eigenvalue weighted by Gasteiger charge is 2.48. The molecule has 1 saturated heterocycles. The van der Waals surface area contributed by atoms with Gasteiger partial charge in [-0.2, -0.15) is 5.10 Å². The molecule has 0 bridgehead atoms. The number of β-lactam (4-membered cyclic amide) rings is 1. The van der Waals surface area contributed by atoms with Crippen LogP contribution in [0.2, 0.25) is 0 Å². The average molecular weight is 443 g/mol. The smallest absolute Gasteiger partial charge is 0.270 e. The van der Waals surface area contributed by atoms with E-state index in [-0.39, 0.29) is 12.2 Å². The van der Waals surface area contributed by atoms with Crippen LogP contribution in [0.4, 0.5) is 11.4 Å². The van der Waals surface area contributed by atoms with Gasteiger partial charge >= 0.3 is 0 Å². The highest BCUT2D eigenvalue weighted by atomic mass is 35.5. The number of hydrogen-bond acceptors (Lipinski definition) is 6. The first-order valence-corrected chi connectivity index (χ1v) is 9.84. The second-order valence-corrected chi connectivity index (χ2v) is 7.85. The van der Waals surface area contributed by atoms with Gasteiger partial charge in [-0.05, 0) is 23.8 Å². The summed E-state index contributed by atoms with van der Waals surface area (Å²) in [6.07, 6.45) is 1.45. The second-order valence-electron chi connectivity index (χ2n) is 7.38. The molecule has 1 fully saturated rings. The predicted octanol–water partition coefficient (Wildman–Crippen LogP) is 2.23. The van der Waals surface area contributed by atoms with Gasteiger partial charge < -0.3 is 4.90 Å². The molecule has 2 heterocycles. The van der Waals surface area contributed by atoms with Crippen molar-refractivity contribution in [1.82, 2.24) is 20.2 Å². The minimum Gasteiger partial charge on any atom is -0.378 e. The van der Waals surface area contributed by atoms with E-state index in [1.807, 2.05) is 43.3 Å². The molecule has 0 radical (unpaired) electrons. The Balaban J connectivity index is 1.48. The lowest BCUT2D eigenvalue weighted by molar-refractivity contribution is -0.384. The van der Waals surface area contributed by atoms with E-state index in [2.05, 4.69) is 10.5 Å². The van der Waals surface area contributed by atoms with E-state index >= 15 is 0 Å². The number of rotatable bonds is 6. The van der Waals surface area contributed by atoms with Crippen LogP contribution in [-0.4, -0.2) is 51.0 Å². The third-order valence-corrected chi connectivity index (χ3v) is 5.58. The van der Waals surface area contributed by atoms with Crippen molar-refractivity contribution in [2.24, 2.45) is 0 Å². The Morgan fingerprint density at radius 1 is 1.26 bits per heavy atom. The Kier molecular flexibility index (Phi) is 5.24. The zero-order chi connectivity index (χ0) is 22.3. The number of non-ortho nitro benzene ring substituents is 1. The van der Waals surface area contributed by atoms with Crippen LogP contribution in [0, 0.1) is 10.1 Å². The van der Waals surface area contributed by atoms with Gasteiger partial charge in [-0.25, -0.2) is 5.01 Å². The fourth-order valence-electron chi connectivity index (χ4n) is 3.49. The van der Waals surface area contributed by atoms with Gasteiger partial charge in [0.15, 0.2) is 0 Å². The number of nitro groups is 1. The first-order chi connectivity index (χ1) is 14.8. The zero-order valence-electron chi connectivity index (χ0n) is 16.7. The molecule has 1 N–H and O–H groups in total. The molecule has 31 heavy (non-hydrogen) atoms. The zero-order valence-corrected chi connectivity index (χ0v) is 17.5. The van der Waals surface area contributed by atoms with Crippen LogP contribution in [0.3, 0.4) is 0 Å². The number of nitrogens with one attached hydrogen (secondary N) is 1. The van der Waals surface area contributed by atoms with E-state index in [4.69, 9.17) is 11.6 Å². The molecule has 0 spiro atoms. The Labute approximate surface area is 182 Å². The number of halogens is 1. The first kappa shape index (κ1) is 20.6. The number of alkyl halides is 1. The Morgan fingerprint density at radius 3 is 2.61 bits per heavy atom. The van der Waals surface area contributed by atoms with Gasteiger partial charge in [-0.3, -0.25) is 29.8 Å². The van der Waals surface area contributed by atoms with Crippen LogP contribution in [0.15, 0.2) is 48.7 Å². The van der Waals surface area contributed by atoms with Crippen molar-refractivity contribution in [3.05, 3.63) is 64.3 Å². The number of carbonyl (C=O) groups excluding carboxylic acids is 2. The molecule has 0 aliphatic carbocycles. The minimum atomic E-state index is -0.767. The van der Waals surface area contributed by atoms with Gasteiger partial charge in [0.2, 0.25) is 0 Å². The number of hydrogen-bond donors (Lipinski definition) is 1. The van der Waals surface area contributed by atoms with E-state index in [0.717, 1.165) is 11.3 Å². The average Bonchev–Trinajstić information content (AvgIpc) is 3.15. The molecular formula is C20H19ClN6O4. The van der Waals surface area contributed by atoms with E-state index < -0.39 is 28.2 Å². The highest BCUT2D eigenvalue weighted by Crippen LogP contribution is 2.37. The Morgan fingerprint density at radius 2 is 1.97 bits per heavy atom. The molecule has 2 aromatic carbocycles. The van der Waals surface area contributed by atoms with Crippen molar-refractivity contribution in [3.63, 3.8) is 0 Å². The number of hydrazine groups is 1. The van der Waals surface area contributed by atoms with Crippen LogP contribution >= 0.6 is 11.6 Å². The van der Waals surface area contributed by atoms with Crippen LogP contribution in [0.25, 0.3) is 10.9 Å². The molecule has 1 aliphatic rings. The van der Waals surface area contributed by atoms with Crippen molar-refractivity contribution in [2.75, 3.05) is 19.0 Å². The number of nitrogens with zero attached hydrogens (tertiary/aromatic N) is 5. The molecule has 2 unspecified atom stereocenters. The summed E-state index contributed by atoms with van der Waals surface area (Å²) in [4.78, 5) is 37.2. The molecule has 160 valence electrons. The summed E-state index contributed by atoms with van der Waals surface area (Å²) in [6.45, 7) is -0.162. The van der Waals surface area contributed by atoms with E-state index in [1.54, 1.807) is 0 Å². The van der Waals surface area contributed by atoms with E-state index in [0.29, 0.717) is 10.9 Å². The molecular weight excluding hydrogens is 424 g/mol. The maximum atomic E-state index is 12.6. The van der Waals surface area contributed by atoms with Crippen molar-refractivity contribution >= 4 is 45.7 Å². The number of fused-ring (bicyclic) bond motifs is 1. The summed E-state index contributed by atoms with van der Waals surface area (Å²) < 4.78 is 1.41. The third-order valence-electron chi connectivity index (χ3n) is 5.15. The maximum absolute atomic E-state index is 12.6. The predicted molar refractivity (Wildman–Crippen MR) is 115 cm³/mol. The van der Waals surface area contributed by atoms with Gasteiger partial charge in [-0.1, -0.05) is 12.1 Å². The quantitative estimate of drug-likeness (QED) is 0.271. The number of anilines is 1. The first-order valence-electron chi connectivity index (χ1n) is 9.40. The van der Waals surface area contributed by atoms with Crippen molar-refractivity contribution in [1.29, 1.82) is 0 Å². The summed E-state index contributed by atoms with van der Waals surface area (Å²) >= 11 is 6.22. The van der Waals surface area contributed by atoms with Crippen LogP contribution in [0.1, 0.15) is 11.6 Å². The molecule has 3 aromatic rings. The lowest BCUT2D eigenvalue weighted by atomic mass is 9.95. The van der Waals surface area contributed by atoms with E-state index in [1.165, 1.54) is 34.1 Å². The number of benzene rings is 2. The lowest BCUT2D eigenvalue weighted by Crippen LogP contribution is -2.63. The molecule has 0 saturated carbocycles. The summed E-state index contributed by atoms with van der Waals surface area (Å²) in [6, 6.07) is 11.4. The molecule has 1 aromatic heterocycles. The van der Waals surface area contributed by atoms with Gasteiger partial charge in [0.05, 0.1) is 16.6 Å². The largest absolute Gasteiger partial charge is 0.378 e. The normalized spacial score (nSPS) is 18.0. The molecule has 2 atom stereocenters. The number of amides is 2. The van der Waals surface area contributed by atoms with Crippen molar-refractivity contribution < 1.29 is 14.5 Å². The maximum Gasteiger partial charge on any atom is 0.270 e. The van der Waals surface area contributed by atoms with Crippen LogP contribution in [0.5, 0.6) is 0 Å². The standard InChI is InChI=1S/C20H19ClN6O4/c1-24(2)14-5-3-12(4-6-14)19-18(21)20(29)26(19)23-17(28)11-25-16-8-7-15(27(30)31)9-13(16)10-22-25/h3-10,18-19H,11H2,1-2H3,(H,23,28). The molecule has 11 heteroatoms. The monoisotopic (exact) mass is 442 g/mol. The van der Waals surface area contributed by atoms with Gasteiger partial charge in [0.1, 0.15) is 18.0 Å². The van der Waals surface area contributed by atoms with Crippen LogP contribution < -0.4 is 10.3 Å². The van der Waals surface area contributed by atoms with Gasteiger partial charge in [0.25, 0.3) is 17.5 Å². The second kappa shape index (κ2) is 7.88. The number of aromatic nitrogens is 2. The van der Waals surface area contributed by atoms with Crippen molar-refractivity contribution in [3.8, 4) is 0 Å². The highest BCUT2D eigenvalue weighted by molar-refractivity contribution is 6.33. The Hall–Kier alpha value is -3.66. The fraction of sp³-hybridized carbons (Fsp3) is 0.250. The molecule has 1 aliphatic heterocycles. The SMILES string of the molecule is CN(C)c1ccc(C2C(Cl)C(=O)N2NC(=O)Cn2ncc3cc([N+](=O)[O-])ccc32)cc1. The van der Waals surface area contributed by atoms with Crippen molar-refractivity contribution in [2.45, 2.75) is 18.0 Å². The number of nitro benzene ring substituents is 1. The van der Waals surface area contributed by atoms with Crippen LogP contribution in [-0.2, 0) is 16.1 Å². The minimum absolute atomic E-state index is 0.0565. The molecule has 10 nitrogen and oxygen atoms in total. The number of carbonyl (C=O) groups is 2.